The molecule has 0 aromatic carbocycles. The molecule has 1 aliphatic heterocycles. The van der Waals surface area contributed by atoms with Crippen LogP contribution in [-0.2, 0) is 4.79 Å². The van der Waals surface area contributed by atoms with E-state index in [1.807, 2.05) is 19.0 Å². The van der Waals surface area contributed by atoms with Gasteiger partial charge in [-0.15, -0.1) is 0 Å². The standard InChI is InChI=1S/C13H27N3O/c1-11(2)13(6-8-15-10-13)12(17)16(4)9-5-7-14-3/h11,14-15H,5-10H2,1-4H3. The van der Waals surface area contributed by atoms with Crippen molar-refractivity contribution in [2.75, 3.05) is 40.3 Å². The lowest BCUT2D eigenvalue weighted by Gasteiger charge is -2.35. The summed E-state index contributed by atoms with van der Waals surface area (Å²) in [6.07, 6.45) is 1.99. The van der Waals surface area contributed by atoms with Crippen molar-refractivity contribution in [1.82, 2.24) is 15.5 Å². The summed E-state index contributed by atoms with van der Waals surface area (Å²) in [6, 6.07) is 0. The van der Waals surface area contributed by atoms with Crippen molar-refractivity contribution in [3.8, 4) is 0 Å². The molecule has 17 heavy (non-hydrogen) atoms. The number of amides is 1. The molecule has 0 saturated carbocycles. The van der Waals surface area contributed by atoms with Gasteiger partial charge in [-0.3, -0.25) is 4.79 Å². The van der Waals surface area contributed by atoms with Gasteiger partial charge in [0.05, 0.1) is 5.41 Å². The molecule has 1 fully saturated rings. The van der Waals surface area contributed by atoms with Crippen LogP contribution in [0.3, 0.4) is 0 Å². The Balaban J connectivity index is 2.59. The Hall–Kier alpha value is -0.610. The van der Waals surface area contributed by atoms with Crippen LogP contribution in [-0.4, -0.2) is 51.1 Å². The first-order valence-electron chi connectivity index (χ1n) is 6.65. The van der Waals surface area contributed by atoms with Gasteiger partial charge in [-0.1, -0.05) is 13.8 Å². The Morgan fingerprint density at radius 3 is 2.71 bits per heavy atom. The highest BCUT2D eigenvalue weighted by Crippen LogP contribution is 2.35. The van der Waals surface area contributed by atoms with Gasteiger partial charge in [-0.05, 0) is 38.9 Å². The van der Waals surface area contributed by atoms with Crippen LogP contribution in [0.25, 0.3) is 0 Å². The minimum absolute atomic E-state index is 0.172. The van der Waals surface area contributed by atoms with E-state index >= 15 is 0 Å². The maximum atomic E-state index is 12.6. The van der Waals surface area contributed by atoms with E-state index in [2.05, 4.69) is 24.5 Å². The summed E-state index contributed by atoms with van der Waals surface area (Å²) in [5.41, 5.74) is -0.172. The topological polar surface area (TPSA) is 44.4 Å². The van der Waals surface area contributed by atoms with Crippen molar-refractivity contribution in [2.24, 2.45) is 11.3 Å². The number of hydrogen-bond acceptors (Lipinski definition) is 3. The van der Waals surface area contributed by atoms with Gasteiger partial charge >= 0.3 is 0 Å². The molecule has 0 spiro atoms. The summed E-state index contributed by atoms with van der Waals surface area (Å²) in [7, 11) is 3.87. The minimum atomic E-state index is -0.172. The first-order chi connectivity index (χ1) is 8.04. The average molecular weight is 241 g/mol. The molecule has 4 nitrogen and oxygen atoms in total. The van der Waals surface area contributed by atoms with E-state index < -0.39 is 0 Å². The fourth-order valence-electron chi connectivity index (χ4n) is 2.61. The number of nitrogens with zero attached hydrogens (tertiary/aromatic N) is 1. The molecule has 2 N–H and O–H groups in total. The largest absolute Gasteiger partial charge is 0.345 e. The quantitative estimate of drug-likeness (QED) is 0.673. The Bertz CT molecular complexity index is 247. The molecule has 1 amide bonds. The van der Waals surface area contributed by atoms with Crippen molar-refractivity contribution < 1.29 is 4.79 Å². The molecule has 4 heteroatoms. The zero-order chi connectivity index (χ0) is 12.9. The summed E-state index contributed by atoms with van der Waals surface area (Å²) >= 11 is 0. The summed E-state index contributed by atoms with van der Waals surface area (Å²) < 4.78 is 0. The summed E-state index contributed by atoms with van der Waals surface area (Å²) in [5.74, 6) is 0.713. The predicted molar refractivity (Wildman–Crippen MR) is 70.9 cm³/mol. The van der Waals surface area contributed by atoms with Crippen LogP contribution in [0.2, 0.25) is 0 Å². The second kappa shape index (κ2) is 6.36. The molecule has 1 rings (SSSR count). The van der Waals surface area contributed by atoms with Crippen LogP contribution in [0, 0.1) is 11.3 Å². The zero-order valence-electron chi connectivity index (χ0n) is 11.7. The van der Waals surface area contributed by atoms with Gasteiger partial charge < -0.3 is 15.5 Å². The highest BCUT2D eigenvalue weighted by atomic mass is 16.2. The first-order valence-corrected chi connectivity index (χ1v) is 6.65. The molecule has 0 radical (unpaired) electrons. The smallest absolute Gasteiger partial charge is 0.230 e. The third kappa shape index (κ3) is 3.19. The molecule has 1 heterocycles. The monoisotopic (exact) mass is 241 g/mol. The van der Waals surface area contributed by atoms with Crippen LogP contribution in [0.5, 0.6) is 0 Å². The number of rotatable bonds is 6. The number of carbonyl (C=O) groups is 1. The van der Waals surface area contributed by atoms with Crippen molar-refractivity contribution in [1.29, 1.82) is 0 Å². The lowest BCUT2D eigenvalue weighted by atomic mass is 9.75. The van der Waals surface area contributed by atoms with E-state index in [1.165, 1.54) is 0 Å². The van der Waals surface area contributed by atoms with Crippen molar-refractivity contribution in [3.05, 3.63) is 0 Å². The predicted octanol–water partition coefficient (Wildman–Crippen LogP) is 0.690. The SMILES string of the molecule is CNCCCN(C)C(=O)C1(C(C)C)CCNC1. The molecular formula is C13H27N3O. The number of carbonyl (C=O) groups excluding carboxylic acids is 1. The van der Waals surface area contributed by atoms with E-state index in [1.54, 1.807) is 0 Å². The molecule has 1 aliphatic rings. The van der Waals surface area contributed by atoms with Gasteiger partial charge in [0.15, 0.2) is 0 Å². The van der Waals surface area contributed by atoms with Gasteiger partial charge in [-0.2, -0.15) is 0 Å². The van der Waals surface area contributed by atoms with Crippen LogP contribution < -0.4 is 10.6 Å². The number of nitrogens with one attached hydrogen (secondary N) is 2. The molecule has 1 atom stereocenters. The minimum Gasteiger partial charge on any atom is -0.345 e. The molecule has 0 aromatic heterocycles. The molecule has 1 unspecified atom stereocenters. The van der Waals surface area contributed by atoms with Gasteiger partial charge in [0.2, 0.25) is 5.91 Å². The molecule has 0 aromatic rings. The molecule has 0 bridgehead atoms. The third-order valence-electron chi connectivity index (χ3n) is 3.99. The molecule has 100 valence electrons. The lowest BCUT2D eigenvalue weighted by Crippen LogP contribution is -2.47. The van der Waals surface area contributed by atoms with Crippen molar-refractivity contribution >= 4 is 5.91 Å². The molecule has 1 saturated heterocycles. The summed E-state index contributed by atoms with van der Waals surface area (Å²) in [6.45, 7) is 7.92. The van der Waals surface area contributed by atoms with Gasteiger partial charge in [0.25, 0.3) is 0 Å². The third-order valence-corrected chi connectivity index (χ3v) is 3.99. The van der Waals surface area contributed by atoms with E-state index in [0.717, 1.165) is 39.0 Å². The second-order valence-electron chi connectivity index (χ2n) is 5.42. The van der Waals surface area contributed by atoms with Crippen LogP contribution in [0.1, 0.15) is 26.7 Å². The normalized spacial score (nSPS) is 24.3. The molecule has 0 aliphatic carbocycles. The lowest BCUT2D eigenvalue weighted by molar-refractivity contribution is -0.142. The van der Waals surface area contributed by atoms with Crippen LogP contribution in [0.4, 0.5) is 0 Å². The Morgan fingerprint density at radius 1 is 1.53 bits per heavy atom. The summed E-state index contributed by atoms with van der Waals surface area (Å²) in [5, 5.41) is 6.45. The van der Waals surface area contributed by atoms with Gasteiger partial charge in [0, 0.05) is 20.1 Å². The van der Waals surface area contributed by atoms with E-state index in [9.17, 15) is 4.79 Å². The highest BCUT2D eigenvalue weighted by Gasteiger charge is 2.45. The second-order valence-corrected chi connectivity index (χ2v) is 5.42. The fraction of sp³-hybridized carbons (Fsp3) is 0.923. The maximum Gasteiger partial charge on any atom is 0.230 e. The molecular weight excluding hydrogens is 214 g/mol. The van der Waals surface area contributed by atoms with Crippen LogP contribution >= 0.6 is 0 Å². The van der Waals surface area contributed by atoms with Gasteiger partial charge in [0.1, 0.15) is 0 Å². The Kier molecular flexibility index (Phi) is 5.40. The van der Waals surface area contributed by atoms with E-state index in [-0.39, 0.29) is 5.41 Å². The van der Waals surface area contributed by atoms with E-state index in [0.29, 0.717) is 11.8 Å². The van der Waals surface area contributed by atoms with Gasteiger partial charge in [-0.25, -0.2) is 0 Å². The first kappa shape index (κ1) is 14.5. The Labute approximate surface area is 105 Å². The van der Waals surface area contributed by atoms with Crippen LogP contribution in [0.15, 0.2) is 0 Å². The van der Waals surface area contributed by atoms with E-state index in [4.69, 9.17) is 0 Å². The Morgan fingerprint density at radius 2 is 2.24 bits per heavy atom. The number of hydrogen-bond donors (Lipinski definition) is 2. The average Bonchev–Trinajstić information content (AvgIpc) is 2.78. The van der Waals surface area contributed by atoms with Crippen molar-refractivity contribution in [2.45, 2.75) is 26.7 Å². The van der Waals surface area contributed by atoms with Crippen molar-refractivity contribution in [3.63, 3.8) is 0 Å². The zero-order valence-corrected chi connectivity index (χ0v) is 11.7. The fourth-order valence-corrected chi connectivity index (χ4v) is 2.61. The maximum absolute atomic E-state index is 12.6. The summed E-state index contributed by atoms with van der Waals surface area (Å²) in [4.78, 5) is 14.5. The highest BCUT2D eigenvalue weighted by molar-refractivity contribution is 5.83.